The highest BCUT2D eigenvalue weighted by Crippen LogP contribution is 2.22. The summed E-state index contributed by atoms with van der Waals surface area (Å²) in [6.07, 6.45) is 3.71. The molecule has 2 aromatic carbocycles. The fourth-order valence-electron chi connectivity index (χ4n) is 3.52. The minimum Gasteiger partial charge on any atom is -0.284 e. The molecule has 128 valence electrons. The number of hydrogen-bond donors (Lipinski definition) is 0. The third-order valence-corrected chi connectivity index (χ3v) is 4.96. The van der Waals surface area contributed by atoms with Crippen LogP contribution in [-0.4, -0.2) is 41.3 Å². The van der Waals surface area contributed by atoms with Gasteiger partial charge in [-0.3, -0.25) is 9.69 Å². The molecule has 2 aliphatic heterocycles. The normalized spacial score (nSPS) is 18.5. The number of hydrogen-bond acceptors (Lipinski definition) is 3. The van der Waals surface area contributed by atoms with Crippen LogP contribution in [0.25, 0.3) is 11.1 Å². The maximum atomic E-state index is 12.2. The van der Waals surface area contributed by atoms with E-state index in [-0.39, 0.29) is 5.91 Å². The molecule has 0 bridgehead atoms. The van der Waals surface area contributed by atoms with Gasteiger partial charge in [-0.2, -0.15) is 5.10 Å². The molecule has 2 aliphatic rings. The molecule has 0 aromatic heterocycles. The Hall–Kier alpha value is -2.46. The first-order chi connectivity index (χ1) is 12.3. The van der Waals surface area contributed by atoms with Crippen LogP contribution in [0.3, 0.4) is 0 Å². The molecule has 1 amide bonds. The number of carbonyl (C=O) groups is 1. The minimum atomic E-state index is 0.136. The van der Waals surface area contributed by atoms with E-state index in [1.807, 2.05) is 6.07 Å². The van der Waals surface area contributed by atoms with Gasteiger partial charge >= 0.3 is 0 Å². The van der Waals surface area contributed by atoms with Crippen LogP contribution in [0.4, 0.5) is 0 Å². The average molecular weight is 333 g/mol. The lowest BCUT2D eigenvalue weighted by molar-refractivity contribution is -0.133. The molecule has 0 unspecified atom stereocenters. The SMILES string of the molecule is O=C1CCC(c2ccc(-c3ccccc3)cc2)=NN1CN1CCCC1. The summed E-state index contributed by atoms with van der Waals surface area (Å²) >= 11 is 0. The van der Waals surface area contributed by atoms with Gasteiger partial charge in [-0.15, -0.1) is 0 Å². The van der Waals surface area contributed by atoms with Crippen LogP contribution in [-0.2, 0) is 4.79 Å². The van der Waals surface area contributed by atoms with Gasteiger partial charge in [-0.1, -0.05) is 54.6 Å². The quantitative estimate of drug-likeness (QED) is 0.854. The van der Waals surface area contributed by atoms with Gasteiger partial charge in [0.15, 0.2) is 0 Å². The first-order valence-electron chi connectivity index (χ1n) is 9.06. The van der Waals surface area contributed by atoms with Crippen molar-refractivity contribution in [1.82, 2.24) is 9.91 Å². The van der Waals surface area contributed by atoms with E-state index in [1.54, 1.807) is 5.01 Å². The van der Waals surface area contributed by atoms with E-state index in [4.69, 9.17) is 0 Å². The Labute approximate surface area is 148 Å². The van der Waals surface area contributed by atoms with Crippen molar-refractivity contribution in [2.45, 2.75) is 25.7 Å². The fourth-order valence-corrected chi connectivity index (χ4v) is 3.52. The molecule has 0 spiro atoms. The molecule has 0 atom stereocenters. The molecular formula is C21H23N3O. The number of amides is 1. The summed E-state index contributed by atoms with van der Waals surface area (Å²) < 4.78 is 0. The van der Waals surface area contributed by atoms with E-state index < -0.39 is 0 Å². The number of rotatable bonds is 4. The Morgan fingerprint density at radius 2 is 1.44 bits per heavy atom. The second kappa shape index (κ2) is 7.19. The van der Waals surface area contributed by atoms with Crippen molar-refractivity contribution >= 4 is 11.6 Å². The van der Waals surface area contributed by atoms with Crippen molar-refractivity contribution in [1.29, 1.82) is 0 Å². The lowest BCUT2D eigenvalue weighted by atomic mass is 10.00. The second-order valence-electron chi connectivity index (χ2n) is 6.75. The maximum absolute atomic E-state index is 12.2. The van der Waals surface area contributed by atoms with Gasteiger partial charge in [-0.25, -0.2) is 5.01 Å². The molecule has 2 aromatic rings. The zero-order valence-electron chi connectivity index (χ0n) is 14.4. The van der Waals surface area contributed by atoms with Gasteiger partial charge in [0.1, 0.15) is 0 Å². The zero-order valence-corrected chi connectivity index (χ0v) is 14.4. The number of hydrazone groups is 1. The van der Waals surface area contributed by atoms with Crippen molar-refractivity contribution in [3.8, 4) is 11.1 Å². The van der Waals surface area contributed by atoms with Crippen LogP contribution in [0.1, 0.15) is 31.2 Å². The van der Waals surface area contributed by atoms with Gasteiger partial charge in [0.25, 0.3) is 0 Å². The molecular weight excluding hydrogens is 310 g/mol. The van der Waals surface area contributed by atoms with Gasteiger partial charge in [0.05, 0.1) is 12.4 Å². The van der Waals surface area contributed by atoms with Gasteiger partial charge in [0, 0.05) is 12.8 Å². The molecule has 4 nitrogen and oxygen atoms in total. The lowest BCUT2D eigenvalue weighted by Crippen LogP contribution is -2.40. The summed E-state index contributed by atoms with van der Waals surface area (Å²) in [4.78, 5) is 14.5. The van der Waals surface area contributed by atoms with Crippen molar-refractivity contribution < 1.29 is 4.79 Å². The van der Waals surface area contributed by atoms with E-state index in [0.29, 0.717) is 13.1 Å². The number of carbonyl (C=O) groups excluding carboxylic acids is 1. The van der Waals surface area contributed by atoms with Crippen molar-refractivity contribution in [2.75, 3.05) is 19.8 Å². The standard InChI is InChI=1S/C21H23N3O/c25-21-13-12-20(22-24(21)16-23-14-4-5-15-23)19-10-8-18(9-11-19)17-6-2-1-3-7-17/h1-3,6-11H,4-5,12-16H2. The Balaban J connectivity index is 1.52. The molecule has 2 heterocycles. The second-order valence-corrected chi connectivity index (χ2v) is 6.75. The number of benzene rings is 2. The van der Waals surface area contributed by atoms with Crippen LogP contribution in [0.15, 0.2) is 59.7 Å². The highest BCUT2D eigenvalue weighted by atomic mass is 16.2. The highest BCUT2D eigenvalue weighted by Gasteiger charge is 2.24. The first-order valence-corrected chi connectivity index (χ1v) is 9.06. The molecule has 25 heavy (non-hydrogen) atoms. The Kier molecular flexibility index (Phi) is 4.61. The summed E-state index contributed by atoms with van der Waals surface area (Å²) in [5.74, 6) is 0.136. The van der Waals surface area contributed by atoms with Crippen molar-refractivity contribution in [3.05, 3.63) is 60.2 Å². The predicted molar refractivity (Wildman–Crippen MR) is 100 cm³/mol. The Bertz CT molecular complexity index is 761. The fraction of sp³-hybridized carbons (Fsp3) is 0.333. The van der Waals surface area contributed by atoms with Crippen LogP contribution in [0.2, 0.25) is 0 Å². The molecule has 1 saturated heterocycles. The summed E-state index contributed by atoms with van der Waals surface area (Å²) in [6, 6.07) is 18.9. The maximum Gasteiger partial charge on any atom is 0.244 e. The van der Waals surface area contributed by atoms with Crippen LogP contribution in [0.5, 0.6) is 0 Å². The number of nitrogens with zero attached hydrogens (tertiary/aromatic N) is 3. The molecule has 4 rings (SSSR count). The molecule has 0 saturated carbocycles. The largest absolute Gasteiger partial charge is 0.284 e. The Morgan fingerprint density at radius 3 is 2.16 bits per heavy atom. The van der Waals surface area contributed by atoms with E-state index in [9.17, 15) is 4.79 Å². The van der Waals surface area contributed by atoms with Crippen LogP contribution in [0, 0.1) is 0 Å². The van der Waals surface area contributed by atoms with Gasteiger partial charge < -0.3 is 0 Å². The summed E-state index contributed by atoms with van der Waals surface area (Å²) in [5, 5.41) is 6.32. The van der Waals surface area contributed by atoms with Crippen molar-refractivity contribution in [2.24, 2.45) is 5.10 Å². The van der Waals surface area contributed by atoms with Crippen LogP contribution >= 0.6 is 0 Å². The summed E-state index contributed by atoms with van der Waals surface area (Å²) in [6.45, 7) is 2.77. The lowest BCUT2D eigenvalue weighted by Gasteiger charge is -2.27. The predicted octanol–water partition coefficient (Wildman–Crippen LogP) is 3.73. The van der Waals surface area contributed by atoms with Crippen LogP contribution < -0.4 is 0 Å². The third-order valence-electron chi connectivity index (χ3n) is 4.96. The molecule has 4 heteroatoms. The van der Waals surface area contributed by atoms with Crippen molar-refractivity contribution in [3.63, 3.8) is 0 Å². The smallest absolute Gasteiger partial charge is 0.244 e. The summed E-state index contributed by atoms with van der Waals surface area (Å²) in [7, 11) is 0. The molecule has 0 aliphatic carbocycles. The Morgan fingerprint density at radius 1 is 0.800 bits per heavy atom. The van der Waals surface area contributed by atoms with E-state index in [2.05, 4.69) is 58.5 Å². The minimum absolute atomic E-state index is 0.136. The molecule has 1 fully saturated rings. The topological polar surface area (TPSA) is 35.9 Å². The highest BCUT2D eigenvalue weighted by molar-refractivity contribution is 6.04. The monoisotopic (exact) mass is 333 g/mol. The van der Waals surface area contributed by atoms with E-state index in [0.717, 1.165) is 30.8 Å². The first kappa shape index (κ1) is 16.0. The summed E-state index contributed by atoms with van der Waals surface area (Å²) in [5.41, 5.74) is 4.54. The molecule has 0 N–H and O–H groups in total. The third kappa shape index (κ3) is 3.64. The van der Waals surface area contributed by atoms with E-state index in [1.165, 1.54) is 24.0 Å². The molecule has 0 radical (unpaired) electrons. The number of likely N-dealkylation sites (tertiary alicyclic amines) is 1. The van der Waals surface area contributed by atoms with Gasteiger partial charge in [-0.05, 0) is 42.6 Å². The average Bonchev–Trinajstić information content (AvgIpc) is 3.18. The zero-order chi connectivity index (χ0) is 17.1. The van der Waals surface area contributed by atoms with Gasteiger partial charge in [0.2, 0.25) is 5.91 Å². The van der Waals surface area contributed by atoms with E-state index >= 15 is 0 Å².